The summed E-state index contributed by atoms with van der Waals surface area (Å²) in [7, 11) is 3.53. The molecule has 3 rings (SSSR count). The number of urea groups is 1. The summed E-state index contributed by atoms with van der Waals surface area (Å²) in [6.07, 6.45) is 1.80. The van der Waals surface area contributed by atoms with Gasteiger partial charge in [-0.3, -0.25) is 9.69 Å². The SMILES string of the molecule is CN(C)C(=O)N1CCN(CC(=O)N2CCN(c3ccccn3)CC2)CC1. The van der Waals surface area contributed by atoms with Crippen LogP contribution in [0.1, 0.15) is 0 Å². The molecule has 2 aliphatic rings. The zero-order valence-electron chi connectivity index (χ0n) is 15.7. The molecule has 3 amide bonds. The average molecular weight is 360 g/mol. The van der Waals surface area contributed by atoms with Crippen molar-refractivity contribution in [3.05, 3.63) is 24.4 Å². The van der Waals surface area contributed by atoms with E-state index in [0.717, 1.165) is 45.1 Å². The van der Waals surface area contributed by atoms with Crippen LogP contribution in [-0.4, -0.2) is 110 Å². The second kappa shape index (κ2) is 8.35. The highest BCUT2D eigenvalue weighted by Gasteiger charge is 2.26. The molecule has 2 fully saturated rings. The van der Waals surface area contributed by atoms with Crippen molar-refractivity contribution in [1.29, 1.82) is 0 Å². The lowest BCUT2D eigenvalue weighted by Gasteiger charge is -2.38. The lowest BCUT2D eigenvalue weighted by atomic mass is 10.2. The van der Waals surface area contributed by atoms with Crippen LogP contribution in [0, 0.1) is 0 Å². The van der Waals surface area contributed by atoms with Crippen LogP contribution in [0.4, 0.5) is 10.6 Å². The molecule has 0 atom stereocenters. The molecule has 1 aromatic rings. The lowest BCUT2D eigenvalue weighted by Crippen LogP contribution is -2.55. The monoisotopic (exact) mass is 360 g/mol. The molecule has 142 valence electrons. The van der Waals surface area contributed by atoms with Crippen LogP contribution in [-0.2, 0) is 4.79 Å². The van der Waals surface area contributed by atoms with Crippen LogP contribution in [0.5, 0.6) is 0 Å². The summed E-state index contributed by atoms with van der Waals surface area (Å²) in [4.78, 5) is 38.7. The minimum atomic E-state index is 0.0432. The first kappa shape index (κ1) is 18.4. The molecule has 0 aromatic carbocycles. The van der Waals surface area contributed by atoms with E-state index >= 15 is 0 Å². The first-order valence-electron chi connectivity index (χ1n) is 9.17. The smallest absolute Gasteiger partial charge is 0.319 e. The zero-order valence-corrected chi connectivity index (χ0v) is 15.7. The number of aromatic nitrogens is 1. The summed E-state index contributed by atoms with van der Waals surface area (Å²) in [5.41, 5.74) is 0. The normalized spacial score (nSPS) is 18.8. The zero-order chi connectivity index (χ0) is 18.5. The van der Waals surface area contributed by atoms with Gasteiger partial charge in [0.05, 0.1) is 6.54 Å². The van der Waals surface area contributed by atoms with Crippen LogP contribution in [0.3, 0.4) is 0 Å². The highest BCUT2D eigenvalue weighted by atomic mass is 16.2. The Bertz CT molecular complexity index is 607. The van der Waals surface area contributed by atoms with Gasteiger partial charge in [-0.1, -0.05) is 6.07 Å². The van der Waals surface area contributed by atoms with Crippen LogP contribution < -0.4 is 4.90 Å². The first-order valence-corrected chi connectivity index (χ1v) is 9.17. The number of carbonyl (C=O) groups excluding carboxylic acids is 2. The minimum absolute atomic E-state index is 0.0432. The molecule has 2 aliphatic heterocycles. The van der Waals surface area contributed by atoms with E-state index in [1.807, 2.05) is 28.0 Å². The summed E-state index contributed by atoms with van der Waals surface area (Å²) < 4.78 is 0. The molecule has 0 N–H and O–H groups in total. The van der Waals surface area contributed by atoms with E-state index < -0.39 is 0 Å². The molecule has 0 saturated carbocycles. The van der Waals surface area contributed by atoms with Gasteiger partial charge in [-0.15, -0.1) is 0 Å². The molecule has 26 heavy (non-hydrogen) atoms. The fourth-order valence-corrected chi connectivity index (χ4v) is 3.40. The van der Waals surface area contributed by atoms with Gasteiger partial charge >= 0.3 is 6.03 Å². The van der Waals surface area contributed by atoms with E-state index in [1.165, 1.54) is 0 Å². The number of hydrogen-bond acceptors (Lipinski definition) is 5. The Morgan fingerprint density at radius 1 is 0.962 bits per heavy atom. The fraction of sp³-hybridized carbons (Fsp3) is 0.611. The molecule has 0 unspecified atom stereocenters. The Morgan fingerprint density at radius 2 is 1.62 bits per heavy atom. The Hall–Kier alpha value is -2.35. The van der Waals surface area contributed by atoms with E-state index in [2.05, 4.69) is 14.8 Å². The number of amides is 3. The van der Waals surface area contributed by atoms with E-state index in [9.17, 15) is 9.59 Å². The van der Waals surface area contributed by atoms with E-state index in [1.54, 1.807) is 25.2 Å². The van der Waals surface area contributed by atoms with E-state index in [0.29, 0.717) is 19.6 Å². The largest absolute Gasteiger partial charge is 0.353 e. The summed E-state index contributed by atoms with van der Waals surface area (Å²) in [6.45, 7) is 6.38. The maximum absolute atomic E-state index is 12.6. The Morgan fingerprint density at radius 3 is 2.19 bits per heavy atom. The molecule has 3 heterocycles. The third-order valence-corrected chi connectivity index (χ3v) is 4.99. The van der Waals surface area contributed by atoms with Gasteiger partial charge in [-0.05, 0) is 12.1 Å². The van der Waals surface area contributed by atoms with Gasteiger partial charge in [-0.25, -0.2) is 9.78 Å². The summed E-state index contributed by atoms with van der Waals surface area (Å²) in [6, 6.07) is 5.95. The first-order chi connectivity index (χ1) is 12.5. The number of piperazine rings is 2. The fourth-order valence-electron chi connectivity index (χ4n) is 3.40. The van der Waals surface area contributed by atoms with Crippen LogP contribution >= 0.6 is 0 Å². The third kappa shape index (κ3) is 4.43. The van der Waals surface area contributed by atoms with Crippen molar-refractivity contribution in [2.24, 2.45) is 0 Å². The van der Waals surface area contributed by atoms with Gasteiger partial charge in [-0.2, -0.15) is 0 Å². The summed E-state index contributed by atoms with van der Waals surface area (Å²) in [5.74, 6) is 1.15. The molecule has 0 radical (unpaired) electrons. The number of carbonyl (C=O) groups is 2. The highest BCUT2D eigenvalue weighted by molar-refractivity contribution is 5.78. The van der Waals surface area contributed by atoms with Crippen molar-refractivity contribution in [2.75, 3.05) is 77.9 Å². The third-order valence-electron chi connectivity index (χ3n) is 4.99. The van der Waals surface area contributed by atoms with Crippen molar-refractivity contribution in [3.63, 3.8) is 0 Å². The van der Waals surface area contributed by atoms with Crippen molar-refractivity contribution >= 4 is 17.8 Å². The molecule has 1 aromatic heterocycles. The highest BCUT2D eigenvalue weighted by Crippen LogP contribution is 2.13. The molecule has 0 spiro atoms. The van der Waals surface area contributed by atoms with Gasteiger partial charge < -0.3 is 19.6 Å². The molecule has 0 aliphatic carbocycles. The molecule has 0 bridgehead atoms. The Balaban J connectivity index is 1.42. The Labute approximate surface area is 155 Å². The number of rotatable bonds is 3. The van der Waals surface area contributed by atoms with E-state index in [-0.39, 0.29) is 11.9 Å². The van der Waals surface area contributed by atoms with Gasteiger partial charge in [0.1, 0.15) is 5.82 Å². The van der Waals surface area contributed by atoms with Gasteiger partial charge in [0, 0.05) is 72.7 Å². The van der Waals surface area contributed by atoms with Gasteiger partial charge in [0.15, 0.2) is 0 Å². The topological polar surface area (TPSA) is 63.2 Å². The number of anilines is 1. The standard InChI is InChI=1S/C18H28N6O2/c1-20(2)18(26)24-9-7-21(8-10-24)15-17(25)23-13-11-22(12-14-23)16-5-3-4-6-19-16/h3-6H,7-15H2,1-2H3. The molecular weight excluding hydrogens is 332 g/mol. The van der Waals surface area contributed by atoms with Gasteiger partial charge in [0.2, 0.25) is 5.91 Å². The summed E-state index contributed by atoms with van der Waals surface area (Å²) in [5, 5.41) is 0. The lowest BCUT2D eigenvalue weighted by molar-refractivity contribution is -0.133. The van der Waals surface area contributed by atoms with Crippen LogP contribution in [0.2, 0.25) is 0 Å². The van der Waals surface area contributed by atoms with Crippen molar-refractivity contribution < 1.29 is 9.59 Å². The number of pyridine rings is 1. The maximum Gasteiger partial charge on any atom is 0.319 e. The number of hydrogen-bond donors (Lipinski definition) is 0. The minimum Gasteiger partial charge on any atom is -0.353 e. The van der Waals surface area contributed by atoms with Crippen LogP contribution in [0.25, 0.3) is 0 Å². The maximum atomic E-state index is 12.6. The second-order valence-corrected chi connectivity index (χ2v) is 7.00. The van der Waals surface area contributed by atoms with Crippen molar-refractivity contribution in [2.45, 2.75) is 0 Å². The van der Waals surface area contributed by atoms with Crippen molar-refractivity contribution in [1.82, 2.24) is 24.6 Å². The molecular formula is C18H28N6O2. The molecule has 2 saturated heterocycles. The predicted octanol–water partition coefficient (Wildman–Crippen LogP) is 0.0294. The predicted molar refractivity (Wildman–Crippen MR) is 100 cm³/mol. The van der Waals surface area contributed by atoms with E-state index in [4.69, 9.17) is 0 Å². The van der Waals surface area contributed by atoms with Gasteiger partial charge in [0.25, 0.3) is 0 Å². The summed E-state index contributed by atoms with van der Waals surface area (Å²) >= 11 is 0. The Kier molecular flexibility index (Phi) is 5.92. The molecule has 8 heteroatoms. The van der Waals surface area contributed by atoms with Crippen LogP contribution in [0.15, 0.2) is 24.4 Å². The molecule has 8 nitrogen and oxygen atoms in total. The van der Waals surface area contributed by atoms with Crippen molar-refractivity contribution in [3.8, 4) is 0 Å². The average Bonchev–Trinajstić information content (AvgIpc) is 2.68. The number of nitrogens with zero attached hydrogens (tertiary/aromatic N) is 6. The second-order valence-electron chi connectivity index (χ2n) is 7.00. The quantitative estimate of drug-likeness (QED) is 0.761.